The summed E-state index contributed by atoms with van der Waals surface area (Å²) in [6.07, 6.45) is 4.65. The van der Waals surface area contributed by atoms with Crippen molar-refractivity contribution in [2.75, 3.05) is 13.1 Å². The van der Waals surface area contributed by atoms with Crippen LogP contribution in [-0.2, 0) is 11.3 Å². The molecule has 0 aliphatic rings. The second kappa shape index (κ2) is 9.54. The van der Waals surface area contributed by atoms with E-state index in [0.29, 0.717) is 6.42 Å². The molecule has 20 heavy (non-hydrogen) atoms. The van der Waals surface area contributed by atoms with Gasteiger partial charge in [-0.15, -0.1) is 0 Å². The molecule has 3 nitrogen and oxygen atoms in total. The topological polar surface area (TPSA) is 46.3 Å². The van der Waals surface area contributed by atoms with Gasteiger partial charge in [0.25, 0.3) is 0 Å². The lowest BCUT2D eigenvalue weighted by Gasteiger charge is -2.22. The summed E-state index contributed by atoms with van der Waals surface area (Å²) in [5, 5.41) is 0. The van der Waals surface area contributed by atoms with E-state index in [1.807, 2.05) is 4.90 Å². The van der Waals surface area contributed by atoms with Crippen LogP contribution in [0, 0.1) is 6.92 Å². The average molecular weight is 276 g/mol. The molecule has 3 heteroatoms. The number of carbonyl (C=O) groups is 1. The summed E-state index contributed by atoms with van der Waals surface area (Å²) in [6, 6.07) is 8.43. The van der Waals surface area contributed by atoms with Gasteiger partial charge in [-0.2, -0.15) is 0 Å². The maximum atomic E-state index is 12.3. The summed E-state index contributed by atoms with van der Waals surface area (Å²) in [5.41, 5.74) is 7.93. The van der Waals surface area contributed by atoms with E-state index < -0.39 is 0 Å². The van der Waals surface area contributed by atoms with Crippen molar-refractivity contribution in [3.63, 3.8) is 0 Å². The Labute approximate surface area is 123 Å². The lowest BCUT2D eigenvalue weighted by atomic mass is 10.1. The zero-order valence-electron chi connectivity index (χ0n) is 12.9. The zero-order chi connectivity index (χ0) is 14.8. The van der Waals surface area contributed by atoms with Crippen LogP contribution in [0.5, 0.6) is 0 Å². The van der Waals surface area contributed by atoms with Crippen LogP contribution in [0.3, 0.4) is 0 Å². The molecule has 0 aliphatic carbocycles. The molecule has 0 atom stereocenters. The van der Waals surface area contributed by atoms with Crippen LogP contribution >= 0.6 is 0 Å². The van der Waals surface area contributed by atoms with E-state index in [0.717, 1.165) is 45.3 Å². The summed E-state index contributed by atoms with van der Waals surface area (Å²) in [5.74, 6) is 0.268. The van der Waals surface area contributed by atoms with Gasteiger partial charge in [-0.1, -0.05) is 43.2 Å². The van der Waals surface area contributed by atoms with Crippen LogP contribution in [-0.4, -0.2) is 23.9 Å². The van der Waals surface area contributed by atoms with E-state index in [-0.39, 0.29) is 5.91 Å². The van der Waals surface area contributed by atoms with Gasteiger partial charge < -0.3 is 10.6 Å². The summed E-state index contributed by atoms with van der Waals surface area (Å²) < 4.78 is 0. The highest BCUT2D eigenvalue weighted by Gasteiger charge is 2.12. The van der Waals surface area contributed by atoms with Crippen molar-refractivity contribution in [1.29, 1.82) is 0 Å². The fraction of sp³-hybridized carbons (Fsp3) is 0.588. The average Bonchev–Trinajstić information content (AvgIpc) is 2.45. The monoisotopic (exact) mass is 276 g/mol. The minimum Gasteiger partial charge on any atom is -0.338 e. The molecule has 1 rings (SSSR count). The number of unbranched alkanes of at least 4 members (excludes halogenated alkanes) is 2. The van der Waals surface area contributed by atoms with Gasteiger partial charge in [0.1, 0.15) is 0 Å². The third-order valence-electron chi connectivity index (χ3n) is 3.44. The minimum absolute atomic E-state index is 0.268. The van der Waals surface area contributed by atoms with Gasteiger partial charge in [0, 0.05) is 19.5 Å². The Morgan fingerprint density at radius 1 is 1.15 bits per heavy atom. The number of carbonyl (C=O) groups excluding carboxylic acids is 1. The Balaban J connectivity index is 2.50. The summed E-state index contributed by atoms with van der Waals surface area (Å²) in [6.45, 7) is 6.48. The second-order valence-corrected chi connectivity index (χ2v) is 5.40. The molecule has 2 N–H and O–H groups in total. The number of hydrogen-bond acceptors (Lipinski definition) is 2. The molecule has 1 amide bonds. The van der Waals surface area contributed by atoms with E-state index in [1.54, 1.807) is 0 Å². The molecule has 0 unspecified atom stereocenters. The van der Waals surface area contributed by atoms with E-state index in [1.165, 1.54) is 11.1 Å². The van der Waals surface area contributed by atoms with Gasteiger partial charge in [-0.25, -0.2) is 0 Å². The number of nitrogens with two attached hydrogens (primary N) is 1. The van der Waals surface area contributed by atoms with Crippen molar-refractivity contribution in [2.45, 2.75) is 52.5 Å². The van der Waals surface area contributed by atoms with Crippen LogP contribution in [0.1, 0.15) is 50.2 Å². The molecule has 0 bridgehead atoms. The van der Waals surface area contributed by atoms with Crippen molar-refractivity contribution in [2.24, 2.45) is 5.73 Å². The molecule has 0 aliphatic heterocycles. The fourth-order valence-electron chi connectivity index (χ4n) is 2.23. The van der Waals surface area contributed by atoms with Gasteiger partial charge >= 0.3 is 0 Å². The minimum atomic E-state index is 0.268. The number of benzene rings is 1. The molecule has 0 heterocycles. The van der Waals surface area contributed by atoms with Gasteiger partial charge in [0.15, 0.2) is 0 Å². The smallest absolute Gasteiger partial charge is 0.222 e. The van der Waals surface area contributed by atoms with Gasteiger partial charge in [0.05, 0.1) is 0 Å². The molecular formula is C17H28N2O. The van der Waals surface area contributed by atoms with E-state index >= 15 is 0 Å². The van der Waals surface area contributed by atoms with Gasteiger partial charge in [-0.3, -0.25) is 4.79 Å². The molecule has 0 aromatic heterocycles. The Hall–Kier alpha value is -1.35. The fourth-order valence-corrected chi connectivity index (χ4v) is 2.23. The van der Waals surface area contributed by atoms with Crippen molar-refractivity contribution in [3.8, 4) is 0 Å². The summed E-state index contributed by atoms with van der Waals surface area (Å²) in [7, 11) is 0. The SMILES string of the molecule is CCCN(Cc1ccc(C)cc1)C(=O)CCCCCN. The van der Waals surface area contributed by atoms with Crippen LogP contribution in [0.2, 0.25) is 0 Å². The van der Waals surface area contributed by atoms with Crippen LogP contribution < -0.4 is 5.73 Å². The van der Waals surface area contributed by atoms with Crippen molar-refractivity contribution >= 4 is 5.91 Å². The molecule has 0 saturated carbocycles. The number of rotatable bonds is 9. The first-order chi connectivity index (χ1) is 9.67. The molecule has 112 valence electrons. The third kappa shape index (κ3) is 6.20. The maximum Gasteiger partial charge on any atom is 0.222 e. The number of aryl methyl sites for hydroxylation is 1. The number of amides is 1. The third-order valence-corrected chi connectivity index (χ3v) is 3.44. The number of hydrogen-bond donors (Lipinski definition) is 1. The molecule has 0 fully saturated rings. The molecule has 0 spiro atoms. The highest BCUT2D eigenvalue weighted by molar-refractivity contribution is 5.76. The largest absolute Gasteiger partial charge is 0.338 e. The normalized spacial score (nSPS) is 10.6. The van der Waals surface area contributed by atoms with Crippen LogP contribution in [0.15, 0.2) is 24.3 Å². The highest BCUT2D eigenvalue weighted by Crippen LogP contribution is 2.10. The first-order valence-electron chi connectivity index (χ1n) is 7.70. The van der Waals surface area contributed by atoms with Crippen molar-refractivity contribution < 1.29 is 4.79 Å². The first kappa shape index (κ1) is 16.7. The maximum absolute atomic E-state index is 12.3. The Bertz CT molecular complexity index is 386. The molecular weight excluding hydrogens is 248 g/mol. The Morgan fingerprint density at radius 2 is 1.85 bits per heavy atom. The standard InChI is InChI=1S/C17H28N2O/c1-3-13-19(17(20)7-5-4-6-12-18)14-16-10-8-15(2)9-11-16/h8-11H,3-7,12-14,18H2,1-2H3. The zero-order valence-corrected chi connectivity index (χ0v) is 12.9. The Kier molecular flexibility index (Phi) is 7.97. The van der Waals surface area contributed by atoms with Crippen LogP contribution in [0.25, 0.3) is 0 Å². The van der Waals surface area contributed by atoms with Crippen molar-refractivity contribution in [3.05, 3.63) is 35.4 Å². The lowest BCUT2D eigenvalue weighted by Crippen LogP contribution is -2.31. The lowest BCUT2D eigenvalue weighted by molar-refractivity contribution is -0.132. The Morgan fingerprint density at radius 3 is 2.45 bits per heavy atom. The van der Waals surface area contributed by atoms with E-state index in [2.05, 4.69) is 38.1 Å². The second-order valence-electron chi connectivity index (χ2n) is 5.40. The summed E-state index contributed by atoms with van der Waals surface area (Å²) in [4.78, 5) is 14.2. The molecule has 0 radical (unpaired) electrons. The van der Waals surface area contributed by atoms with Gasteiger partial charge in [-0.05, 0) is 38.3 Å². The van der Waals surface area contributed by atoms with E-state index in [4.69, 9.17) is 5.73 Å². The van der Waals surface area contributed by atoms with Crippen molar-refractivity contribution in [1.82, 2.24) is 4.90 Å². The van der Waals surface area contributed by atoms with Gasteiger partial charge in [0.2, 0.25) is 5.91 Å². The molecule has 0 saturated heterocycles. The first-order valence-corrected chi connectivity index (χ1v) is 7.70. The predicted molar refractivity (Wildman–Crippen MR) is 84.4 cm³/mol. The number of nitrogens with zero attached hydrogens (tertiary/aromatic N) is 1. The highest BCUT2D eigenvalue weighted by atomic mass is 16.2. The molecule has 1 aromatic rings. The van der Waals surface area contributed by atoms with Crippen LogP contribution in [0.4, 0.5) is 0 Å². The summed E-state index contributed by atoms with van der Waals surface area (Å²) >= 11 is 0. The van der Waals surface area contributed by atoms with E-state index in [9.17, 15) is 4.79 Å². The molecule has 1 aromatic carbocycles. The quantitative estimate of drug-likeness (QED) is 0.704. The predicted octanol–water partition coefficient (Wildman–Crippen LogP) is 3.25.